The van der Waals surface area contributed by atoms with Crippen molar-refractivity contribution in [2.45, 2.75) is 103 Å². The molecule has 0 unspecified atom stereocenters. The number of nitrogens with one attached hydrogen (secondary N) is 3. The molecule has 0 spiro atoms. The lowest BCUT2D eigenvalue weighted by Gasteiger charge is -2.35. The summed E-state index contributed by atoms with van der Waals surface area (Å²) in [5, 5.41) is 28.9. The molecule has 1 aliphatic carbocycles. The highest BCUT2D eigenvalue weighted by atomic mass is 32.1. The van der Waals surface area contributed by atoms with Crippen molar-refractivity contribution in [3.05, 3.63) is 100 Å². The summed E-state index contributed by atoms with van der Waals surface area (Å²) in [6, 6.07) is 16.4. The van der Waals surface area contributed by atoms with Gasteiger partial charge in [-0.2, -0.15) is 13.2 Å². The number of rotatable bonds is 20. The highest BCUT2D eigenvalue weighted by Crippen LogP contribution is 2.38. The molecule has 21 heteroatoms. The molecular weight excluding hydrogens is 1000 g/mol. The zero-order chi connectivity index (χ0) is 54.1. The summed E-state index contributed by atoms with van der Waals surface area (Å²) in [5.74, 6) is -1.51. The quantitative estimate of drug-likeness (QED) is 0.0536. The first-order valence-electron chi connectivity index (χ1n) is 26.1. The number of carbonyl (C=O) groups is 4. The monoisotopic (exact) mass is 1070 g/mol. The maximum absolute atomic E-state index is 14.0. The van der Waals surface area contributed by atoms with Crippen LogP contribution in [0.5, 0.6) is 0 Å². The molecule has 3 atom stereocenters. The lowest BCUT2D eigenvalue weighted by atomic mass is 9.85. The molecule has 8 rings (SSSR count). The van der Waals surface area contributed by atoms with Crippen molar-refractivity contribution in [2.24, 2.45) is 11.3 Å². The van der Waals surface area contributed by atoms with Crippen LogP contribution < -0.4 is 16.0 Å². The van der Waals surface area contributed by atoms with Gasteiger partial charge < -0.3 is 39.8 Å². The standard InChI is InChI=1S/C55H70F3N9O8S/c1-35-48(76-34-60-35)39-13-8-36(9-14-39)29-59-51(72)46-28-43(69)31-66(46)52(73)49(54(2,3)4)62-47(70)33-75-25-24-74-23-22-64-18-20-65(21-19-64)30-38-12-17-45-44(26-38)61-53(67(45)42-15-10-37(32-68)11-16-42)63-50(71)40-6-5-7-41(27-40)55(56,57)58/h5-9,12-14,17,26-27,34,37,42-43,46,49,68-69H,10-11,15-16,18-25,28-33H2,1-4H3,(H,59,72)(H,62,70)(H,61,63,71)/t37-,42+,43-,46+,49-/m1/s1. The maximum Gasteiger partial charge on any atom is 0.416 e. The smallest absolute Gasteiger partial charge is 0.396 e. The minimum atomic E-state index is -4.59. The Morgan fingerprint density at radius 1 is 0.882 bits per heavy atom. The molecule has 410 valence electrons. The predicted octanol–water partition coefficient (Wildman–Crippen LogP) is 6.42. The normalized spacial score (nSPS) is 20.2. The molecule has 5 aromatic rings. The summed E-state index contributed by atoms with van der Waals surface area (Å²) in [4.78, 5) is 70.3. The number of β-amino-alcohol motifs (C(OH)–C–C–N with tert-alkyl or cyclic N) is 1. The summed E-state index contributed by atoms with van der Waals surface area (Å²) in [6.45, 7) is 13.1. The Morgan fingerprint density at radius 2 is 1.59 bits per heavy atom. The van der Waals surface area contributed by atoms with Gasteiger partial charge in [0.05, 0.1) is 58.6 Å². The van der Waals surface area contributed by atoms with Gasteiger partial charge in [-0.05, 0) is 91.0 Å². The third-order valence-corrected chi connectivity index (χ3v) is 15.6. The number of nitrogens with zero attached hydrogens (tertiary/aromatic N) is 6. The van der Waals surface area contributed by atoms with E-state index in [2.05, 4.69) is 36.8 Å². The van der Waals surface area contributed by atoms with E-state index >= 15 is 0 Å². The molecule has 4 amide bonds. The van der Waals surface area contributed by atoms with Crippen molar-refractivity contribution >= 4 is 51.9 Å². The third-order valence-electron chi connectivity index (χ3n) is 14.6. The molecule has 2 aromatic heterocycles. The van der Waals surface area contributed by atoms with E-state index < -0.39 is 53.1 Å². The van der Waals surface area contributed by atoms with E-state index in [1.807, 2.05) is 68.7 Å². The number of benzene rings is 3. The van der Waals surface area contributed by atoms with Crippen LogP contribution in [0.4, 0.5) is 19.1 Å². The van der Waals surface area contributed by atoms with Crippen LogP contribution in [0.3, 0.4) is 0 Å². The number of hydrogen-bond donors (Lipinski definition) is 5. The summed E-state index contributed by atoms with van der Waals surface area (Å²) in [7, 11) is 0. The molecule has 3 fully saturated rings. The number of aliphatic hydroxyl groups is 2. The first-order chi connectivity index (χ1) is 36.3. The number of imidazole rings is 1. The van der Waals surface area contributed by atoms with Gasteiger partial charge in [0, 0.05) is 77.0 Å². The van der Waals surface area contributed by atoms with Gasteiger partial charge in [-0.1, -0.05) is 57.2 Å². The van der Waals surface area contributed by atoms with Crippen LogP contribution in [-0.2, 0) is 43.1 Å². The SMILES string of the molecule is Cc1ncsc1-c1ccc(CNC(=O)[C@@H]2C[C@@H](O)CN2C(=O)[C@@H](NC(=O)COCCOCCN2CCN(Cc3ccc4c(c3)nc(NC(=O)c3cccc(C(F)(F)F)c3)n4[C@H]3CC[C@@H](CO)CC3)CC2)C(C)(C)C)cc1. The van der Waals surface area contributed by atoms with Crippen molar-refractivity contribution < 1.29 is 52.0 Å². The molecule has 17 nitrogen and oxygen atoms in total. The second-order valence-electron chi connectivity index (χ2n) is 21.2. The molecule has 3 aromatic carbocycles. The topological polar surface area (TPSA) is 204 Å². The number of alkyl halides is 3. The molecular formula is C55H70F3N9O8S. The lowest BCUT2D eigenvalue weighted by molar-refractivity contribution is -0.144. The van der Waals surface area contributed by atoms with Crippen LogP contribution in [0.1, 0.15) is 91.7 Å². The largest absolute Gasteiger partial charge is 0.416 e. The summed E-state index contributed by atoms with van der Waals surface area (Å²) < 4.78 is 53.9. The van der Waals surface area contributed by atoms with Crippen LogP contribution in [0, 0.1) is 18.3 Å². The number of carbonyl (C=O) groups excluding carboxylic acids is 4. The number of thiazole rings is 1. The second kappa shape index (κ2) is 25.1. The van der Waals surface area contributed by atoms with Gasteiger partial charge in [-0.3, -0.25) is 34.3 Å². The zero-order valence-electron chi connectivity index (χ0n) is 43.6. The van der Waals surface area contributed by atoms with Gasteiger partial charge in [-0.25, -0.2) is 9.97 Å². The Balaban J connectivity index is 0.750. The van der Waals surface area contributed by atoms with Crippen LogP contribution in [0.25, 0.3) is 21.5 Å². The number of aryl methyl sites for hydroxylation is 1. The van der Waals surface area contributed by atoms with Crippen molar-refractivity contribution in [3.8, 4) is 10.4 Å². The fourth-order valence-electron chi connectivity index (χ4n) is 10.3. The number of ether oxygens (including phenoxy) is 2. The van der Waals surface area contributed by atoms with E-state index in [1.54, 1.807) is 16.8 Å². The first kappa shape index (κ1) is 56.4. The number of fused-ring (bicyclic) bond motifs is 1. The number of likely N-dealkylation sites (tertiary alicyclic amines) is 1. The van der Waals surface area contributed by atoms with Crippen LogP contribution in [0.2, 0.25) is 0 Å². The maximum atomic E-state index is 14.0. The zero-order valence-corrected chi connectivity index (χ0v) is 44.4. The molecule has 1 saturated carbocycles. The number of amides is 4. The average Bonchev–Trinajstić information content (AvgIpc) is 4.14. The summed E-state index contributed by atoms with van der Waals surface area (Å²) in [5.41, 5.74) is 5.49. The number of hydrogen-bond acceptors (Lipinski definition) is 13. The van der Waals surface area contributed by atoms with Crippen molar-refractivity contribution in [1.29, 1.82) is 0 Å². The van der Waals surface area contributed by atoms with Gasteiger partial charge in [0.15, 0.2) is 0 Å². The Bertz CT molecular complexity index is 2780. The third kappa shape index (κ3) is 14.4. The van der Waals surface area contributed by atoms with Gasteiger partial charge in [0.2, 0.25) is 23.7 Å². The number of piperazine rings is 1. The van der Waals surface area contributed by atoms with E-state index in [4.69, 9.17) is 14.5 Å². The van der Waals surface area contributed by atoms with E-state index in [1.165, 1.54) is 17.0 Å². The molecule has 5 N–H and O–H groups in total. The van der Waals surface area contributed by atoms with Gasteiger partial charge in [0.1, 0.15) is 18.7 Å². The number of halogens is 3. The van der Waals surface area contributed by atoms with Gasteiger partial charge >= 0.3 is 6.18 Å². The molecule has 0 bridgehead atoms. The minimum Gasteiger partial charge on any atom is -0.396 e. The average molecular weight is 1070 g/mol. The van der Waals surface area contributed by atoms with E-state index in [0.29, 0.717) is 25.2 Å². The summed E-state index contributed by atoms with van der Waals surface area (Å²) >= 11 is 1.56. The molecule has 76 heavy (non-hydrogen) atoms. The number of anilines is 1. The van der Waals surface area contributed by atoms with E-state index in [9.17, 15) is 42.6 Å². The summed E-state index contributed by atoms with van der Waals surface area (Å²) in [6.07, 6.45) is -2.24. The molecule has 4 heterocycles. The fourth-order valence-corrected chi connectivity index (χ4v) is 11.1. The molecule has 2 saturated heterocycles. The fraction of sp³-hybridized carbons (Fsp3) is 0.527. The molecule has 0 radical (unpaired) electrons. The Morgan fingerprint density at radius 3 is 2.28 bits per heavy atom. The van der Waals surface area contributed by atoms with Crippen molar-refractivity contribution in [3.63, 3.8) is 0 Å². The van der Waals surface area contributed by atoms with Crippen molar-refractivity contribution in [2.75, 3.05) is 77.6 Å². The lowest BCUT2D eigenvalue weighted by Crippen LogP contribution is -2.58. The van der Waals surface area contributed by atoms with Crippen LogP contribution in [0.15, 0.2) is 72.2 Å². The molecule has 3 aliphatic rings. The Kier molecular flexibility index (Phi) is 18.6. The number of aliphatic hydroxyl groups excluding tert-OH is 2. The van der Waals surface area contributed by atoms with Crippen LogP contribution >= 0.6 is 11.3 Å². The Hall–Kier alpha value is -5.81. The highest BCUT2D eigenvalue weighted by Gasteiger charge is 2.44. The van der Waals surface area contributed by atoms with Gasteiger partial charge in [-0.15, -0.1) is 11.3 Å². The highest BCUT2D eigenvalue weighted by molar-refractivity contribution is 7.13. The van der Waals surface area contributed by atoms with Crippen molar-refractivity contribution in [1.82, 2.24) is 39.9 Å². The number of aromatic nitrogens is 3. The first-order valence-corrected chi connectivity index (χ1v) is 27.0. The second-order valence-corrected chi connectivity index (χ2v) is 22.1. The molecule has 2 aliphatic heterocycles. The minimum absolute atomic E-state index is 0.00580. The predicted molar refractivity (Wildman–Crippen MR) is 282 cm³/mol. The van der Waals surface area contributed by atoms with Crippen LogP contribution in [-0.4, -0.2) is 154 Å². The van der Waals surface area contributed by atoms with E-state index in [-0.39, 0.29) is 75.3 Å². The van der Waals surface area contributed by atoms with E-state index in [0.717, 1.165) is 96.8 Å². The Labute approximate surface area is 445 Å². The van der Waals surface area contributed by atoms with Gasteiger partial charge in [0.25, 0.3) is 5.91 Å².